The van der Waals surface area contributed by atoms with E-state index in [-0.39, 0.29) is 124 Å². The molecular weight excluding hydrogens is 1770 g/mol. The van der Waals surface area contributed by atoms with Gasteiger partial charge in [0.05, 0.1) is 33.9 Å². The van der Waals surface area contributed by atoms with E-state index in [1.807, 2.05) is 60.5 Å². The van der Waals surface area contributed by atoms with Gasteiger partial charge in [0.15, 0.2) is 0 Å². The van der Waals surface area contributed by atoms with Gasteiger partial charge in [-0.05, 0) is 166 Å². The molecule has 0 aromatic carbocycles. The zero-order chi connectivity index (χ0) is 102. The van der Waals surface area contributed by atoms with E-state index in [2.05, 4.69) is 78.2 Å². The normalized spacial score (nSPS) is 11.8. The lowest BCUT2D eigenvalue weighted by molar-refractivity contribution is -0.139. The van der Waals surface area contributed by atoms with E-state index in [0.29, 0.717) is 70.4 Å². The topological polar surface area (TPSA) is 586 Å². The maximum atomic E-state index is 13.0. The molecule has 0 saturated heterocycles. The lowest BCUT2D eigenvalue weighted by atomic mass is 10.1. The number of nitrogens with zero attached hydrogens (tertiary/aromatic N) is 6. The fraction of sp³-hybridized carbons (Fsp3) is 0.511. The number of aromatic nitrogens is 4. The SMILES string of the molecule is CCOC(=O)/C=C/CC[C@H](NC(=O)CCC(=O)O)C(=O)Nc1cccn(CC(=O)NCCN(CC)CC)c1=O.CCOC(=O)/C=C/CC[C@H](NC(C)=O)C(=O)Nc1cccn(CC(=O)NCCN(C)C)c1=O.COC(=O)/C=C/CC[C@H](NC(C)=O)C(=O)Nc1cccn(CC(=O)NCCC(C)C)c1=O.COC(=O)/C=C/CC[C@H](NC(C)=O)C(=O)Nc1cccn(CC(=O)NCCC(C)C)c1=O. The molecule has 0 unspecified atom stereocenters. The number of pyridine rings is 4. The summed E-state index contributed by atoms with van der Waals surface area (Å²) in [6.45, 7) is 24.1. The van der Waals surface area contributed by atoms with Crippen LogP contribution >= 0.6 is 0 Å². The van der Waals surface area contributed by atoms with Crippen molar-refractivity contribution in [1.29, 1.82) is 0 Å². The van der Waals surface area contributed by atoms with Crippen molar-refractivity contribution in [2.75, 3.05) is 115 Å². The molecule has 0 bridgehead atoms. The number of carboxylic acids is 1. The van der Waals surface area contributed by atoms with Gasteiger partial charge >= 0.3 is 29.8 Å². The molecule has 0 aliphatic carbocycles. The van der Waals surface area contributed by atoms with Gasteiger partial charge in [-0.15, -0.1) is 0 Å². The number of amides is 12. The number of hydrogen-bond donors (Lipinski definition) is 13. The third-order valence-corrected chi connectivity index (χ3v) is 18.8. The number of carboxylic acid groups (broad SMARTS) is 1. The molecule has 0 aliphatic rings. The van der Waals surface area contributed by atoms with Gasteiger partial charge in [0.25, 0.3) is 22.2 Å². The molecule has 13 N–H and O–H groups in total. The number of allylic oxidation sites excluding steroid dienone is 4. The van der Waals surface area contributed by atoms with Crippen LogP contribution < -0.4 is 86.0 Å². The van der Waals surface area contributed by atoms with Crippen molar-refractivity contribution in [2.45, 2.75) is 204 Å². The number of ether oxygens (including phenoxy) is 4. The standard InChI is InChI=1S/C26H39N5O8.C22H33N5O6.2C22H32N4O6/c1-4-30(5-2)17-15-27-22(33)18-31-16-9-11-20(26(31)38)29-25(37)19(28-21(32)13-14-23(34)35)10-7-8-12-24(36)39-6-3;1-5-33-20(30)11-7-6-9-17(24-16(2)28)21(31)25-18-10-8-13-27(22(18)32)15-19(29)23-12-14-26(3)4;2*1-15(2)11-12-23-19(28)14-26-13-7-9-18(22(26)31)25-21(30)17(24-16(3)27)8-5-6-10-20(29)32-4/h8-9,11-12,16,19H,4-7,10,13-15,17-18H2,1-3H3,(H,27,33)(H,28,32)(H,29,37)(H,34,35);7-8,10-11,13,17H,5-6,9,12,14-15H2,1-4H3,(H,23,29)(H,24,28)(H,25,31);2*6-7,9-10,13,15,17H,5,8,11-12,14H2,1-4H3,(H,23,28)(H,24,27)(H,25,30)/b12-8+;11-7+;2*10-6+/t19-;3*17-/m0000/s1. The molecule has 0 aliphatic heterocycles. The predicted octanol–water partition coefficient (Wildman–Crippen LogP) is 2.29. The average Bonchev–Trinajstić information content (AvgIpc) is 0.853. The van der Waals surface area contributed by atoms with Crippen LogP contribution in [-0.4, -0.2) is 252 Å². The van der Waals surface area contributed by atoms with Crippen LogP contribution in [0.2, 0.25) is 0 Å². The first-order chi connectivity index (χ1) is 64.5. The summed E-state index contributed by atoms with van der Waals surface area (Å²) in [7, 11) is 6.27. The molecule has 4 aromatic heterocycles. The molecule has 4 atom stereocenters. The first kappa shape index (κ1) is 120. The number of hydrogen-bond acceptors (Lipinski definition) is 27. The Hall–Kier alpha value is -14.3. The van der Waals surface area contributed by atoms with Crippen molar-refractivity contribution < 1.29 is 106 Å². The minimum absolute atomic E-state index is 0.00654. The molecule has 0 fully saturated rings. The van der Waals surface area contributed by atoms with Crippen molar-refractivity contribution in [2.24, 2.45) is 11.8 Å². The highest BCUT2D eigenvalue weighted by atomic mass is 16.5. The van der Waals surface area contributed by atoms with E-state index in [9.17, 15) is 101 Å². The highest BCUT2D eigenvalue weighted by Crippen LogP contribution is 2.12. The van der Waals surface area contributed by atoms with Crippen molar-refractivity contribution in [3.05, 3.63) is 163 Å². The molecule has 0 radical (unpaired) electrons. The van der Waals surface area contributed by atoms with Gasteiger partial charge in [-0.1, -0.05) is 65.8 Å². The summed E-state index contributed by atoms with van der Waals surface area (Å²) in [6.07, 6.45) is 19.6. The maximum absolute atomic E-state index is 13.0. The number of carbonyl (C=O) groups excluding carboxylic acids is 16. The van der Waals surface area contributed by atoms with Gasteiger partial charge in [-0.2, -0.15) is 0 Å². The molecular formula is C92H136N18O26. The lowest BCUT2D eigenvalue weighted by Crippen LogP contribution is -2.44. The first-order valence-corrected chi connectivity index (χ1v) is 44.4. The van der Waals surface area contributed by atoms with Gasteiger partial charge in [0, 0.05) is 116 Å². The summed E-state index contributed by atoms with van der Waals surface area (Å²) in [5.74, 6) is -7.98. The molecule has 4 rings (SSSR count). The van der Waals surface area contributed by atoms with Crippen LogP contribution in [0.5, 0.6) is 0 Å². The Balaban J connectivity index is 0.000000910. The zero-order valence-electron chi connectivity index (χ0n) is 80.2. The monoisotopic (exact) mass is 1910 g/mol. The van der Waals surface area contributed by atoms with E-state index < -0.39 is 130 Å². The van der Waals surface area contributed by atoms with E-state index in [1.165, 1.54) is 146 Å². The van der Waals surface area contributed by atoms with E-state index in [0.717, 1.165) is 30.5 Å². The minimum atomic E-state index is -1.16. The molecule has 44 nitrogen and oxygen atoms in total. The molecule has 136 heavy (non-hydrogen) atoms. The van der Waals surface area contributed by atoms with Crippen LogP contribution in [0.1, 0.15) is 153 Å². The summed E-state index contributed by atoms with van der Waals surface area (Å²) in [5, 5.41) is 39.9. The van der Waals surface area contributed by atoms with Crippen molar-refractivity contribution in [3.63, 3.8) is 0 Å². The Labute approximate surface area is 790 Å². The van der Waals surface area contributed by atoms with E-state index in [4.69, 9.17) is 14.6 Å². The highest BCUT2D eigenvalue weighted by molar-refractivity contribution is 6.00. The van der Waals surface area contributed by atoms with Gasteiger partial charge in [0.1, 0.15) is 73.1 Å². The van der Waals surface area contributed by atoms with Crippen LogP contribution in [-0.2, 0) is 127 Å². The van der Waals surface area contributed by atoms with E-state index >= 15 is 0 Å². The Bertz CT molecular complexity index is 4820. The zero-order valence-corrected chi connectivity index (χ0v) is 80.2. The van der Waals surface area contributed by atoms with Crippen LogP contribution in [0, 0.1) is 11.8 Å². The third kappa shape index (κ3) is 54.0. The van der Waals surface area contributed by atoms with Crippen LogP contribution in [0.4, 0.5) is 22.7 Å². The number of likely N-dealkylation sites (N-methyl/N-ethyl adjacent to an activating group) is 2. The van der Waals surface area contributed by atoms with Crippen molar-refractivity contribution in [3.8, 4) is 0 Å². The number of anilines is 4. The van der Waals surface area contributed by atoms with Crippen LogP contribution in [0.3, 0.4) is 0 Å². The number of methoxy groups -OCH3 is 2. The van der Waals surface area contributed by atoms with Crippen LogP contribution in [0.15, 0.2) is 141 Å². The second kappa shape index (κ2) is 68.6. The Morgan fingerprint density at radius 2 is 0.647 bits per heavy atom. The summed E-state index contributed by atoms with van der Waals surface area (Å²) in [6, 6.07) is 7.92. The van der Waals surface area contributed by atoms with Crippen molar-refractivity contribution in [1.82, 2.24) is 70.6 Å². The van der Waals surface area contributed by atoms with Gasteiger partial charge < -0.3 is 116 Å². The molecule has 0 spiro atoms. The number of rotatable bonds is 55. The number of nitrogens with one attached hydrogen (secondary N) is 12. The number of aliphatic carboxylic acids is 1. The van der Waals surface area contributed by atoms with E-state index in [1.54, 1.807) is 38.1 Å². The smallest absolute Gasteiger partial charge is 0.330 e. The fourth-order valence-electron chi connectivity index (χ4n) is 11.6. The molecule has 4 aromatic rings. The molecule has 0 saturated carbocycles. The number of carbonyl (C=O) groups is 17. The second-order valence-corrected chi connectivity index (χ2v) is 31.2. The van der Waals surface area contributed by atoms with Crippen molar-refractivity contribution >= 4 is 123 Å². The maximum Gasteiger partial charge on any atom is 0.330 e. The molecule has 44 heteroatoms. The predicted molar refractivity (Wildman–Crippen MR) is 507 cm³/mol. The van der Waals surface area contributed by atoms with Crippen LogP contribution in [0.25, 0.3) is 0 Å². The summed E-state index contributed by atoms with van der Waals surface area (Å²) < 4.78 is 23.3. The lowest BCUT2D eigenvalue weighted by Gasteiger charge is -2.19. The fourth-order valence-corrected chi connectivity index (χ4v) is 11.6. The average molecular weight is 1910 g/mol. The van der Waals surface area contributed by atoms with Gasteiger partial charge in [-0.3, -0.25) is 81.5 Å². The Morgan fingerprint density at radius 1 is 0.375 bits per heavy atom. The van der Waals surface area contributed by atoms with Gasteiger partial charge in [-0.25, -0.2) is 19.2 Å². The summed E-state index contributed by atoms with van der Waals surface area (Å²) in [4.78, 5) is 257. The largest absolute Gasteiger partial charge is 0.481 e. The quantitative estimate of drug-likeness (QED) is 0.0171. The molecule has 12 amide bonds. The summed E-state index contributed by atoms with van der Waals surface area (Å²) >= 11 is 0. The Morgan fingerprint density at radius 3 is 0.897 bits per heavy atom. The first-order valence-electron chi connectivity index (χ1n) is 44.4. The minimum Gasteiger partial charge on any atom is -0.481 e. The molecule has 750 valence electrons. The highest BCUT2D eigenvalue weighted by Gasteiger charge is 2.27. The Kier molecular flexibility index (Phi) is 60.4. The number of esters is 4. The van der Waals surface area contributed by atoms with Gasteiger partial charge in [0.2, 0.25) is 70.9 Å². The molecule has 4 heterocycles. The second-order valence-electron chi connectivity index (χ2n) is 31.2. The summed E-state index contributed by atoms with van der Waals surface area (Å²) in [5.41, 5.74) is -2.34. The third-order valence-electron chi connectivity index (χ3n) is 18.8.